The van der Waals surface area contributed by atoms with Crippen molar-refractivity contribution in [3.8, 4) is 0 Å². The Bertz CT molecular complexity index is 339. The smallest absolute Gasteiger partial charge is 0.203 e. The zero-order valence-electron chi connectivity index (χ0n) is 11.9. The largest absolute Gasteiger partial charge is 0.385 e. The third-order valence-corrected chi connectivity index (χ3v) is 2.70. The number of nitrogens with zero attached hydrogens (tertiary/aromatic N) is 2. The van der Waals surface area contributed by atoms with Crippen molar-refractivity contribution < 1.29 is 9.47 Å². The molecule has 1 heterocycles. The minimum absolute atomic E-state index is 0.288. The Morgan fingerprint density at radius 3 is 2.94 bits per heavy atom. The van der Waals surface area contributed by atoms with Crippen molar-refractivity contribution in [2.75, 3.05) is 38.8 Å². The number of nitrogens with one attached hydrogen (secondary N) is 1. The summed E-state index contributed by atoms with van der Waals surface area (Å²) in [6.45, 7) is 9.23. The first-order valence-electron chi connectivity index (χ1n) is 6.55. The van der Waals surface area contributed by atoms with Crippen LogP contribution in [0.3, 0.4) is 0 Å². The molecule has 1 atom stereocenters. The average molecular weight is 255 g/mol. The van der Waals surface area contributed by atoms with E-state index in [-0.39, 0.29) is 6.04 Å². The molecule has 5 heteroatoms. The van der Waals surface area contributed by atoms with Gasteiger partial charge in [-0.15, -0.1) is 0 Å². The van der Waals surface area contributed by atoms with Crippen LogP contribution >= 0.6 is 0 Å². The highest BCUT2D eigenvalue weighted by atomic mass is 16.5. The van der Waals surface area contributed by atoms with E-state index in [2.05, 4.69) is 28.0 Å². The average Bonchev–Trinajstić information content (AvgIpc) is 2.73. The predicted molar refractivity (Wildman–Crippen MR) is 73.2 cm³/mol. The molecule has 1 unspecified atom stereocenters. The summed E-state index contributed by atoms with van der Waals surface area (Å²) in [5, 5.41) is 3.34. The topological polar surface area (TPSA) is 48.3 Å². The molecule has 0 bridgehead atoms. The number of imidazole rings is 1. The van der Waals surface area contributed by atoms with Gasteiger partial charge in [-0.25, -0.2) is 4.98 Å². The first-order valence-corrected chi connectivity index (χ1v) is 6.55. The maximum absolute atomic E-state index is 5.46. The second kappa shape index (κ2) is 8.11. The number of hydrogen-bond donors (Lipinski definition) is 1. The van der Waals surface area contributed by atoms with Crippen molar-refractivity contribution in [1.29, 1.82) is 0 Å². The minimum atomic E-state index is 0.288. The van der Waals surface area contributed by atoms with Crippen molar-refractivity contribution in [2.45, 2.75) is 33.2 Å². The third kappa shape index (κ3) is 4.66. The molecule has 104 valence electrons. The van der Waals surface area contributed by atoms with E-state index in [1.165, 1.54) is 0 Å². The van der Waals surface area contributed by atoms with Gasteiger partial charge in [0, 0.05) is 33.1 Å². The monoisotopic (exact) mass is 255 g/mol. The maximum atomic E-state index is 5.46. The van der Waals surface area contributed by atoms with E-state index < -0.39 is 0 Å². The lowest BCUT2D eigenvalue weighted by molar-refractivity contribution is 0.119. The molecule has 1 N–H and O–H groups in total. The lowest BCUT2D eigenvalue weighted by atomic mass is 10.3. The molecule has 1 aromatic rings. The van der Waals surface area contributed by atoms with Crippen molar-refractivity contribution in [1.82, 2.24) is 9.55 Å². The van der Waals surface area contributed by atoms with E-state index in [1.54, 1.807) is 7.11 Å². The fraction of sp³-hybridized carbons (Fsp3) is 0.769. The van der Waals surface area contributed by atoms with Crippen molar-refractivity contribution in [3.05, 3.63) is 11.9 Å². The molecule has 0 radical (unpaired) electrons. The Balaban J connectivity index is 2.55. The van der Waals surface area contributed by atoms with E-state index in [1.807, 2.05) is 13.8 Å². The molecule has 5 nitrogen and oxygen atoms in total. The van der Waals surface area contributed by atoms with Gasteiger partial charge in [0.05, 0.1) is 18.3 Å². The number of methoxy groups -OCH3 is 1. The van der Waals surface area contributed by atoms with Crippen LogP contribution < -0.4 is 5.32 Å². The van der Waals surface area contributed by atoms with Gasteiger partial charge in [-0.05, 0) is 27.2 Å². The summed E-state index contributed by atoms with van der Waals surface area (Å²) in [6, 6.07) is 0.288. The zero-order chi connectivity index (χ0) is 13.4. The van der Waals surface area contributed by atoms with E-state index in [0.717, 1.165) is 37.8 Å². The van der Waals surface area contributed by atoms with Gasteiger partial charge in [-0.2, -0.15) is 0 Å². The minimum Gasteiger partial charge on any atom is -0.385 e. The maximum Gasteiger partial charge on any atom is 0.203 e. The second-order valence-corrected chi connectivity index (χ2v) is 4.39. The molecule has 0 saturated carbocycles. The summed E-state index contributed by atoms with van der Waals surface area (Å²) >= 11 is 0. The van der Waals surface area contributed by atoms with Gasteiger partial charge >= 0.3 is 0 Å². The Morgan fingerprint density at radius 1 is 1.50 bits per heavy atom. The second-order valence-electron chi connectivity index (χ2n) is 4.39. The summed E-state index contributed by atoms with van der Waals surface area (Å²) in [6.07, 6.45) is 3.03. The van der Waals surface area contributed by atoms with Crippen LogP contribution in [0.1, 0.15) is 32.0 Å². The van der Waals surface area contributed by atoms with Crippen LogP contribution in [-0.4, -0.2) is 43.0 Å². The first-order chi connectivity index (χ1) is 8.69. The molecule has 0 spiro atoms. The molecule has 0 aliphatic rings. The molecular weight excluding hydrogens is 230 g/mol. The van der Waals surface area contributed by atoms with Crippen LogP contribution in [0.15, 0.2) is 6.20 Å². The van der Waals surface area contributed by atoms with Crippen LogP contribution in [-0.2, 0) is 9.47 Å². The van der Waals surface area contributed by atoms with Gasteiger partial charge in [-0.1, -0.05) is 0 Å². The predicted octanol–water partition coefficient (Wildman–Crippen LogP) is 2.24. The zero-order valence-corrected chi connectivity index (χ0v) is 11.9. The lowest BCUT2D eigenvalue weighted by Crippen LogP contribution is -2.16. The Morgan fingerprint density at radius 2 is 2.28 bits per heavy atom. The quantitative estimate of drug-likeness (QED) is 0.687. The summed E-state index contributed by atoms with van der Waals surface area (Å²) in [4.78, 5) is 4.49. The molecule has 0 aliphatic heterocycles. The number of anilines is 1. The Hall–Kier alpha value is -1.07. The molecule has 0 aliphatic carbocycles. The first kappa shape index (κ1) is 15.0. The van der Waals surface area contributed by atoms with E-state index in [9.17, 15) is 0 Å². The van der Waals surface area contributed by atoms with Crippen molar-refractivity contribution >= 4 is 5.95 Å². The normalized spacial score (nSPS) is 12.7. The molecule has 1 rings (SSSR count). The van der Waals surface area contributed by atoms with Crippen LogP contribution in [0, 0.1) is 6.92 Å². The summed E-state index contributed by atoms with van der Waals surface area (Å²) in [5.41, 5.74) is 1.02. The van der Waals surface area contributed by atoms with Crippen molar-refractivity contribution in [2.24, 2.45) is 0 Å². The molecule has 18 heavy (non-hydrogen) atoms. The number of rotatable bonds is 9. The molecule has 1 aromatic heterocycles. The van der Waals surface area contributed by atoms with E-state index in [4.69, 9.17) is 9.47 Å². The Labute approximate surface area is 109 Å². The van der Waals surface area contributed by atoms with Crippen LogP contribution in [0.5, 0.6) is 0 Å². The highest BCUT2D eigenvalue weighted by molar-refractivity contribution is 5.29. The van der Waals surface area contributed by atoms with Crippen LogP contribution in [0.4, 0.5) is 5.95 Å². The standard InChI is InChI=1S/C13H25N3O2/c1-5-18-10-12(3)16-9-11(2)15-13(16)14-7-6-8-17-4/h9,12H,5-8,10H2,1-4H3,(H,14,15). The van der Waals surface area contributed by atoms with Gasteiger partial charge in [-0.3, -0.25) is 0 Å². The molecule has 0 saturated heterocycles. The van der Waals surface area contributed by atoms with Gasteiger partial charge in [0.1, 0.15) is 0 Å². The van der Waals surface area contributed by atoms with Gasteiger partial charge in [0.2, 0.25) is 5.95 Å². The number of hydrogen-bond acceptors (Lipinski definition) is 4. The SMILES string of the molecule is CCOCC(C)n1cc(C)nc1NCCCOC. The third-order valence-electron chi connectivity index (χ3n) is 2.70. The summed E-state index contributed by atoms with van der Waals surface area (Å²) in [5.74, 6) is 0.913. The highest BCUT2D eigenvalue weighted by Crippen LogP contribution is 2.16. The summed E-state index contributed by atoms with van der Waals surface area (Å²) in [7, 11) is 1.72. The fourth-order valence-electron chi connectivity index (χ4n) is 1.77. The van der Waals surface area contributed by atoms with E-state index in [0.29, 0.717) is 6.61 Å². The van der Waals surface area contributed by atoms with Gasteiger partial charge in [0.15, 0.2) is 0 Å². The number of ether oxygens (including phenoxy) is 2. The fourth-order valence-corrected chi connectivity index (χ4v) is 1.77. The number of aryl methyl sites for hydroxylation is 1. The molecule has 0 fully saturated rings. The van der Waals surface area contributed by atoms with Crippen LogP contribution in [0.25, 0.3) is 0 Å². The molecular formula is C13H25N3O2. The number of aromatic nitrogens is 2. The van der Waals surface area contributed by atoms with Crippen LogP contribution in [0.2, 0.25) is 0 Å². The molecule has 0 aromatic carbocycles. The highest BCUT2D eigenvalue weighted by Gasteiger charge is 2.11. The molecule has 0 amide bonds. The van der Waals surface area contributed by atoms with Gasteiger partial charge in [0.25, 0.3) is 0 Å². The van der Waals surface area contributed by atoms with E-state index >= 15 is 0 Å². The summed E-state index contributed by atoms with van der Waals surface area (Å²) < 4.78 is 12.6. The Kier molecular flexibility index (Phi) is 6.75. The van der Waals surface area contributed by atoms with Crippen molar-refractivity contribution in [3.63, 3.8) is 0 Å². The van der Waals surface area contributed by atoms with Gasteiger partial charge < -0.3 is 19.4 Å². The lowest BCUT2D eigenvalue weighted by Gasteiger charge is -2.16.